The molecule has 0 atom stereocenters. The Morgan fingerprint density at radius 1 is 1.03 bits per heavy atom. The van der Waals surface area contributed by atoms with Crippen molar-refractivity contribution in [2.75, 3.05) is 18.4 Å². The van der Waals surface area contributed by atoms with Crippen molar-refractivity contribution in [1.29, 1.82) is 0 Å². The van der Waals surface area contributed by atoms with Crippen molar-refractivity contribution in [1.82, 2.24) is 14.7 Å². The van der Waals surface area contributed by atoms with Crippen LogP contribution in [0.3, 0.4) is 0 Å². The Labute approximate surface area is 189 Å². The molecular weight excluding hydrogens is 447 g/mol. The Kier molecular flexibility index (Phi) is 6.68. The molecular formula is C21H21Cl3N4O2. The zero-order valence-corrected chi connectivity index (χ0v) is 18.5. The van der Waals surface area contributed by atoms with Gasteiger partial charge in [0.05, 0.1) is 13.1 Å². The minimum atomic E-state index is -0.392. The van der Waals surface area contributed by atoms with Gasteiger partial charge in [0.25, 0.3) is 5.91 Å². The third kappa shape index (κ3) is 5.19. The predicted molar refractivity (Wildman–Crippen MR) is 119 cm³/mol. The molecule has 0 spiro atoms. The minimum absolute atomic E-state index is 0.230. The Hall–Kier alpha value is -1.99. The number of amides is 1. The number of halogens is 3. The molecule has 0 saturated carbocycles. The van der Waals surface area contributed by atoms with Crippen LogP contribution in [0.4, 0.5) is 5.82 Å². The van der Waals surface area contributed by atoms with Gasteiger partial charge in [-0.15, -0.1) is 0 Å². The average molecular weight is 468 g/mol. The summed E-state index contributed by atoms with van der Waals surface area (Å²) in [5, 5.41) is 8.48. The SMILES string of the molecule is O=C(Nc1nn(Cc2ccc(Cl)cc2Cl)cc1Cl)c1ccc(CN2CCCCC2)o1. The van der Waals surface area contributed by atoms with E-state index >= 15 is 0 Å². The van der Waals surface area contributed by atoms with Crippen molar-refractivity contribution >= 4 is 46.5 Å². The van der Waals surface area contributed by atoms with Crippen molar-refractivity contribution in [2.45, 2.75) is 32.4 Å². The van der Waals surface area contributed by atoms with Gasteiger partial charge in [-0.25, -0.2) is 0 Å². The lowest BCUT2D eigenvalue weighted by atomic mass is 10.1. The summed E-state index contributed by atoms with van der Waals surface area (Å²) in [7, 11) is 0. The second-order valence-electron chi connectivity index (χ2n) is 7.32. The first-order chi connectivity index (χ1) is 14.5. The summed E-state index contributed by atoms with van der Waals surface area (Å²) in [6.07, 6.45) is 5.32. The van der Waals surface area contributed by atoms with E-state index in [1.54, 1.807) is 29.1 Å². The van der Waals surface area contributed by atoms with Crippen molar-refractivity contribution in [3.05, 3.63) is 68.7 Å². The average Bonchev–Trinajstić information content (AvgIpc) is 3.32. The first-order valence-corrected chi connectivity index (χ1v) is 10.9. The summed E-state index contributed by atoms with van der Waals surface area (Å²) in [4.78, 5) is 14.9. The molecule has 1 N–H and O–H groups in total. The molecule has 0 bridgehead atoms. The lowest BCUT2D eigenvalue weighted by Crippen LogP contribution is -2.28. The van der Waals surface area contributed by atoms with Gasteiger partial charge in [0.1, 0.15) is 10.8 Å². The summed E-state index contributed by atoms with van der Waals surface area (Å²) < 4.78 is 7.34. The zero-order chi connectivity index (χ0) is 21.1. The molecule has 1 saturated heterocycles. The number of carbonyl (C=O) groups is 1. The molecule has 9 heteroatoms. The van der Waals surface area contributed by atoms with Gasteiger partial charge in [-0.2, -0.15) is 5.10 Å². The third-order valence-electron chi connectivity index (χ3n) is 5.01. The van der Waals surface area contributed by atoms with Gasteiger partial charge < -0.3 is 9.73 Å². The minimum Gasteiger partial charge on any atom is -0.455 e. The van der Waals surface area contributed by atoms with E-state index in [2.05, 4.69) is 15.3 Å². The van der Waals surface area contributed by atoms with E-state index < -0.39 is 5.91 Å². The molecule has 1 aliphatic heterocycles. The van der Waals surface area contributed by atoms with E-state index in [9.17, 15) is 4.79 Å². The summed E-state index contributed by atoms with van der Waals surface area (Å²) in [6.45, 7) is 3.23. The van der Waals surface area contributed by atoms with Crippen LogP contribution in [0, 0.1) is 0 Å². The van der Waals surface area contributed by atoms with Gasteiger partial charge >= 0.3 is 0 Å². The topological polar surface area (TPSA) is 63.3 Å². The zero-order valence-electron chi connectivity index (χ0n) is 16.2. The molecule has 0 radical (unpaired) electrons. The maximum absolute atomic E-state index is 12.6. The van der Waals surface area contributed by atoms with Crippen molar-refractivity contribution < 1.29 is 9.21 Å². The van der Waals surface area contributed by atoms with Crippen LogP contribution in [0.15, 0.2) is 40.9 Å². The van der Waals surface area contributed by atoms with Crippen LogP contribution in [0.5, 0.6) is 0 Å². The number of carbonyl (C=O) groups excluding carboxylic acids is 1. The third-order valence-corrected chi connectivity index (χ3v) is 5.87. The number of likely N-dealkylation sites (tertiary alicyclic amines) is 1. The summed E-state index contributed by atoms with van der Waals surface area (Å²) >= 11 is 18.4. The van der Waals surface area contributed by atoms with Gasteiger partial charge in [-0.1, -0.05) is 47.3 Å². The number of rotatable bonds is 6. The van der Waals surface area contributed by atoms with Crippen LogP contribution in [0.25, 0.3) is 0 Å². The first-order valence-electron chi connectivity index (χ1n) is 9.77. The van der Waals surface area contributed by atoms with Crippen LogP contribution in [0.2, 0.25) is 15.1 Å². The molecule has 3 aromatic rings. The molecule has 0 unspecified atom stereocenters. The second kappa shape index (κ2) is 9.43. The summed E-state index contributed by atoms with van der Waals surface area (Å²) in [6, 6.07) is 8.77. The fourth-order valence-corrected chi connectivity index (χ4v) is 4.15. The maximum atomic E-state index is 12.6. The van der Waals surface area contributed by atoms with Crippen molar-refractivity contribution in [3.8, 4) is 0 Å². The van der Waals surface area contributed by atoms with Crippen LogP contribution in [-0.2, 0) is 13.1 Å². The molecule has 6 nitrogen and oxygen atoms in total. The Morgan fingerprint density at radius 2 is 1.83 bits per heavy atom. The number of benzene rings is 1. The molecule has 1 amide bonds. The van der Waals surface area contributed by atoms with E-state index in [4.69, 9.17) is 39.2 Å². The van der Waals surface area contributed by atoms with E-state index in [0.29, 0.717) is 28.2 Å². The van der Waals surface area contributed by atoms with Crippen LogP contribution >= 0.6 is 34.8 Å². The number of furan rings is 1. The summed E-state index contributed by atoms with van der Waals surface area (Å²) in [5.74, 6) is 0.877. The standard InChI is InChI=1S/C21H21Cl3N4O2/c22-15-5-4-14(17(23)10-15)11-28-13-18(24)20(26-28)25-21(29)19-7-6-16(30-19)12-27-8-2-1-3-9-27/h4-7,10,13H,1-3,8-9,11-12H2,(H,25,26,29). The molecule has 0 aliphatic carbocycles. The fraction of sp³-hybridized carbons (Fsp3) is 0.333. The molecule has 1 fully saturated rings. The van der Waals surface area contributed by atoms with Crippen molar-refractivity contribution in [3.63, 3.8) is 0 Å². The predicted octanol–water partition coefficient (Wildman–Crippen LogP) is 5.72. The fourth-order valence-electron chi connectivity index (χ4n) is 3.48. The molecule has 1 aliphatic rings. The normalized spacial score (nSPS) is 14.8. The monoisotopic (exact) mass is 466 g/mol. The Bertz CT molecular complexity index is 1040. The molecule has 2 aromatic heterocycles. The Morgan fingerprint density at radius 3 is 2.60 bits per heavy atom. The highest BCUT2D eigenvalue weighted by atomic mass is 35.5. The molecule has 30 heavy (non-hydrogen) atoms. The van der Waals surface area contributed by atoms with Gasteiger partial charge in [-0.05, 0) is 55.8 Å². The molecule has 1 aromatic carbocycles. The van der Waals surface area contributed by atoms with Gasteiger partial charge in [0.2, 0.25) is 0 Å². The van der Waals surface area contributed by atoms with Gasteiger partial charge in [0.15, 0.2) is 11.6 Å². The number of hydrogen-bond donors (Lipinski definition) is 1. The van der Waals surface area contributed by atoms with Crippen LogP contribution in [0.1, 0.15) is 41.1 Å². The van der Waals surface area contributed by atoms with E-state index in [1.807, 2.05) is 12.1 Å². The number of nitrogens with one attached hydrogen (secondary N) is 1. The van der Waals surface area contributed by atoms with Crippen molar-refractivity contribution in [2.24, 2.45) is 0 Å². The highest BCUT2D eigenvalue weighted by Gasteiger charge is 2.18. The molecule has 158 valence electrons. The van der Waals surface area contributed by atoms with Gasteiger partial charge in [0, 0.05) is 16.2 Å². The molecule has 3 heterocycles. The smallest absolute Gasteiger partial charge is 0.292 e. The van der Waals surface area contributed by atoms with Crippen LogP contribution < -0.4 is 5.32 Å². The van der Waals surface area contributed by atoms with E-state index in [-0.39, 0.29) is 11.6 Å². The maximum Gasteiger partial charge on any atom is 0.292 e. The lowest BCUT2D eigenvalue weighted by Gasteiger charge is -2.25. The summed E-state index contributed by atoms with van der Waals surface area (Å²) in [5.41, 5.74) is 0.839. The van der Waals surface area contributed by atoms with Gasteiger partial charge in [-0.3, -0.25) is 14.4 Å². The largest absolute Gasteiger partial charge is 0.455 e. The second-order valence-corrected chi connectivity index (χ2v) is 8.57. The molecule has 4 rings (SSSR count). The quantitative estimate of drug-likeness (QED) is 0.503. The number of hydrogen-bond acceptors (Lipinski definition) is 4. The van der Waals surface area contributed by atoms with E-state index in [0.717, 1.165) is 24.4 Å². The number of anilines is 1. The number of aromatic nitrogens is 2. The highest BCUT2D eigenvalue weighted by molar-refractivity contribution is 6.35. The Balaban J connectivity index is 1.40. The van der Waals surface area contributed by atoms with Crippen LogP contribution in [-0.4, -0.2) is 33.7 Å². The number of nitrogens with zero attached hydrogens (tertiary/aromatic N) is 3. The van der Waals surface area contributed by atoms with E-state index in [1.165, 1.54) is 19.3 Å². The first kappa shape index (κ1) is 21.2. The highest BCUT2D eigenvalue weighted by Crippen LogP contribution is 2.25. The number of piperidine rings is 1. The lowest BCUT2D eigenvalue weighted by molar-refractivity contribution is 0.0991.